The van der Waals surface area contributed by atoms with Gasteiger partial charge in [0.05, 0.1) is 14.2 Å². The lowest BCUT2D eigenvalue weighted by molar-refractivity contribution is -0.137. The van der Waals surface area contributed by atoms with E-state index in [9.17, 15) is 13.2 Å². The minimum Gasteiger partial charge on any atom is -0.497 e. The van der Waals surface area contributed by atoms with Gasteiger partial charge in [0.1, 0.15) is 22.9 Å². The first-order valence-corrected chi connectivity index (χ1v) is 8.80. The first-order chi connectivity index (χ1) is 11.9. The number of methoxy groups -OCH3 is 2. The van der Waals surface area contributed by atoms with E-state index >= 15 is 0 Å². The van der Waals surface area contributed by atoms with Gasteiger partial charge in [0.25, 0.3) is 0 Å². The first kappa shape index (κ1) is 18.8. The summed E-state index contributed by atoms with van der Waals surface area (Å²) in [5.74, 6) is -0.724. The summed E-state index contributed by atoms with van der Waals surface area (Å²) in [7, 11) is -1.30. The number of aliphatic carboxylic acids is 1. The molecule has 1 N–H and O–H groups in total. The summed E-state index contributed by atoms with van der Waals surface area (Å²) in [4.78, 5) is 11.1. The molecule has 0 saturated carbocycles. The van der Waals surface area contributed by atoms with E-state index in [4.69, 9.17) is 14.6 Å². The van der Waals surface area contributed by atoms with Crippen LogP contribution in [0.25, 0.3) is 0 Å². The summed E-state index contributed by atoms with van der Waals surface area (Å²) < 4.78 is 37.1. The third-order valence-corrected chi connectivity index (χ3v) is 5.33. The van der Waals surface area contributed by atoms with E-state index in [0.29, 0.717) is 11.3 Å². The van der Waals surface area contributed by atoms with Crippen molar-refractivity contribution in [2.75, 3.05) is 20.8 Å². The first-order valence-electron chi connectivity index (χ1n) is 7.36. The predicted octanol–water partition coefficient (Wildman–Crippen LogP) is 1.98. The van der Waals surface area contributed by atoms with Crippen LogP contribution in [0.3, 0.4) is 0 Å². The number of ether oxygens (including phenoxy) is 2. The molecule has 2 aromatic carbocycles. The molecule has 0 aliphatic carbocycles. The van der Waals surface area contributed by atoms with Gasteiger partial charge in [0.2, 0.25) is 10.0 Å². The number of hydrogen-bond donors (Lipinski definition) is 1. The third kappa shape index (κ3) is 4.49. The monoisotopic (exact) mass is 365 g/mol. The van der Waals surface area contributed by atoms with Crippen molar-refractivity contribution in [3.05, 3.63) is 54.1 Å². The second kappa shape index (κ2) is 8.00. The Labute approximate surface area is 146 Å². The Hall–Kier alpha value is -2.58. The van der Waals surface area contributed by atoms with Crippen molar-refractivity contribution >= 4 is 16.0 Å². The van der Waals surface area contributed by atoms with Gasteiger partial charge < -0.3 is 14.6 Å². The molecule has 0 spiro atoms. The van der Waals surface area contributed by atoms with Crippen molar-refractivity contribution in [2.24, 2.45) is 0 Å². The maximum absolute atomic E-state index is 13.0. The zero-order chi connectivity index (χ0) is 18.4. The number of carboxylic acid groups (broad SMARTS) is 1. The molecule has 0 aliphatic heterocycles. The highest BCUT2D eigenvalue weighted by atomic mass is 32.2. The average molecular weight is 365 g/mol. The molecule has 0 amide bonds. The summed E-state index contributed by atoms with van der Waals surface area (Å²) in [6.45, 7) is -0.725. The van der Waals surface area contributed by atoms with Crippen LogP contribution in [-0.2, 0) is 21.4 Å². The number of hydrogen-bond acceptors (Lipinski definition) is 5. The fraction of sp³-hybridized carbons (Fsp3) is 0.235. The maximum Gasteiger partial charge on any atom is 0.318 e. The van der Waals surface area contributed by atoms with Gasteiger partial charge in [-0.05, 0) is 17.7 Å². The SMILES string of the molecule is COc1ccc(S(=O)(=O)N(CC(=O)O)Cc2ccccc2)c(OC)c1. The van der Waals surface area contributed by atoms with Crippen molar-refractivity contribution in [3.63, 3.8) is 0 Å². The molecule has 7 nitrogen and oxygen atoms in total. The Morgan fingerprint density at radius 3 is 2.32 bits per heavy atom. The van der Waals surface area contributed by atoms with E-state index in [1.54, 1.807) is 30.3 Å². The second-order valence-electron chi connectivity index (χ2n) is 5.17. The van der Waals surface area contributed by atoms with Crippen molar-refractivity contribution in [1.82, 2.24) is 4.31 Å². The molecule has 0 radical (unpaired) electrons. The Balaban J connectivity index is 2.46. The van der Waals surface area contributed by atoms with E-state index in [0.717, 1.165) is 4.31 Å². The second-order valence-corrected chi connectivity index (χ2v) is 7.08. The van der Waals surface area contributed by atoms with Crippen LogP contribution in [0.1, 0.15) is 5.56 Å². The molecule has 0 heterocycles. The molecule has 25 heavy (non-hydrogen) atoms. The van der Waals surface area contributed by atoms with Crippen LogP contribution in [0.2, 0.25) is 0 Å². The molecule has 0 atom stereocenters. The Kier molecular flexibility index (Phi) is 6.00. The van der Waals surface area contributed by atoms with Crippen molar-refractivity contribution in [2.45, 2.75) is 11.4 Å². The fourth-order valence-corrected chi connectivity index (χ4v) is 3.80. The summed E-state index contributed by atoms with van der Waals surface area (Å²) in [6, 6.07) is 13.0. The highest BCUT2D eigenvalue weighted by molar-refractivity contribution is 7.89. The highest BCUT2D eigenvalue weighted by Gasteiger charge is 2.30. The Morgan fingerprint density at radius 1 is 1.08 bits per heavy atom. The molecule has 0 aromatic heterocycles. The lowest BCUT2D eigenvalue weighted by atomic mass is 10.2. The summed E-state index contributed by atoms with van der Waals surface area (Å²) in [5.41, 5.74) is 0.680. The smallest absolute Gasteiger partial charge is 0.318 e. The maximum atomic E-state index is 13.0. The Morgan fingerprint density at radius 2 is 1.76 bits per heavy atom. The Bertz CT molecular complexity index is 835. The van der Waals surface area contributed by atoms with Crippen LogP contribution in [-0.4, -0.2) is 44.6 Å². The van der Waals surface area contributed by atoms with Crippen LogP contribution >= 0.6 is 0 Å². The van der Waals surface area contributed by atoms with Gasteiger partial charge in [-0.3, -0.25) is 4.79 Å². The van der Waals surface area contributed by atoms with Crippen molar-refractivity contribution in [3.8, 4) is 11.5 Å². The van der Waals surface area contributed by atoms with Gasteiger partial charge in [0.15, 0.2) is 0 Å². The third-order valence-electron chi connectivity index (χ3n) is 3.50. The number of rotatable bonds is 8. The van der Waals surface area contributed by atoms with Gasteiger partial charge in [-0.1, -0.05) is 30.3 Å². The van der Waals surface area contributed by atoms with Gasteiger partial charge in [-0.2, -0.15) is 4.31 Å². The molecule has 0 fully saturated rings. The molecule has 0 aliphatic rings. The molecular formula is C17H19NO6S. The number of carboxylic acids is 1. The highest BCUT2D eigenvalue weighted by Crippen LogP contribution is 2.31. The molecule has 134 valence electrons. The fourth-order valence-electron chi connectivity index (χ4n) is 2.29. The van der Waals surface area contributed by atoms with Gasteiger partial charge >= 0.3 is 5.97 Å². The lowest BCUT2D eigenvalue weighted by Gasteiger charge is -2.22. The zero-order valence-electron chi connectivity index (χ0n) is 13.9. The molecule has 0 bridgehead atoms. The number of sulfonamides is 1. The van der Waals surface area contributed by atoms with Crippen LogP contribution in [0.15, 0.2) is 53.4 Å². The van der Waals surface area contributed by atoms with Crippen molar-refractivity contribution in [1.29, 1.82) is 0 Å². The minimum absolute atomic E-state index is 0.0648. The van der Waals surface area contributed by atoms with E-state index in [1.807, 2.05) is 0 Å². The summed E-state index contributed by atoms with van der Waals surface area (Å²) >= 11 is 0. The number of nitrogens with zero attached hydrogens (tertiary/aromatic N) is 1. The minimum atomic E-state index is -4.09. The molecule has 8 heteroatoms. The standard InChI is InChI=1S/C17H19NO6S/c1-23-14-8-9-16(15(10-14)24-2)25(21,22)18(12-17(19)20)11-13-6-4-3-5-7-13/h3-10H,11-12H2,1-2H3,(H,19,20). The largest absolute Gasteiger partial charge is 0.497 e. The van der Waals surface area contributed by atoms with Gasteiger partial charge in [0, 0.05) is 12.6 Å². The average Bonchev–Trinajstić information content (AvgIpc) is 2.61. The lowest BCUT2D eigenvalue weighted by Crippen LogP contribution is -2.35. The van der Waals surface area contributed by atoms with Crippen LogP contribution < -0.4 is 9.47 Å². The molecule has 2 rings (SSSR count). The van der Waals surface area contributed by atoms with Crippen LogP contribution in [0, 0.1) is 0 Å². The summed E-state index contributed by atoms with van der Waals surface area (Å²) in [6.07, 6.45) is 0. The molecule has 0 saturated heterocycles. The van der Waals surface area contributed by atoms with E-state index in [2.05, 4.69) is 0 Å². The van der Waals surface area contributed by atoms with Crippen LogP contribution in [0.5, 0.6) is 11.5 Å². The van der Waals surface area contributed by atoms with E-state index in [1.165, 1.54) is 32.4 Å². The normalized spacial score (nSPS) is 11.3. The quantitative estimate of drug-likeness (QED) is 0.769. The summed E-state index contributed by atoms with van der Waals surface area (Å²) in [5, 5.41) is 9.12. The number of benzene rings is 2. The van der Waals surface area contributed by atoms with Gasteiger partial charge in [-0.25, -0.2) is 8.42 Å². The topological polar surface area (TPSA) is 93.1 Å². The molecular weight excluding hydrogens is 346 g/mol. The van der Waals surface area contributed by atoms with Crippen LogP contribution in [0.4, 0.5) is 0 Å². The van der Waals surface area contributed by atoms with E-state index < -0.39 is 22.5 Å². The zero-order valence-corrected chi connectivity index (χ0v) is 14.7. The molecule has 2 aromatic rings. The van der Waals surface area contributed by atoms with Crippen molar-refractivity contribution < 1.29 is 27.8 Å². The van der Waals surface area contributed by atoms with E-state index in [-0.39, 0.29) is 17.2 Å². The predicted molar refractivity (Wildman–Crippen MR) is 91.2 cm³/mol. The van der Waals surface area contributed by atoms with Gasteiger partial charge in [-0.15, -0.1) is 0 Å². The number of carbonyl (C=O) groups is 1. The molecule has 0 unspecified atom stereocenters.